The summed E-state index contributed by atoms with van der Waals surface area (Å²) >= 11 is 0. The molecule has 3 heteroatoms. The van der Waals surface area contributed by atoms with Gasteiger partial charge in [0.2, 0.25) is 0 Å². The van der Waals surface area contributed by atoms with Crippen molar-refractivity contribution in [2.75, 3.05) is 13.2 Å². The second-order valence-electron chi connectivity index (χ2n) is 5.20. The molecule has 3 nitrogen and oxygen atoms in total. The Bertz CT molecular complexity index is 279. The summed E-state index contributed by atoms with van der Waals surface area (Å²) in [4.78, 5) is 11.6. The highest BCUT2D eigenvalue weighted by Crippen LogP contribution is 2.25. The van der Waals surface area contributed by atoms with Crippen molar-refractivity contribution < 1.29 is 14.3 Å². The van der Waals surface area contributed by atoms with E-state index in [9.17, 15) is 4.79 Å². The molecule has 0 radical (unpaired) electrons. The lowest BCUT2D eigenvalue weighted by Crippen LogP contribution is -2.23. The van der Waals surface area contributed by atoms with Crippen LogP contribution in [0.2, 0.25) is 0 Å². The van der Waals surface area contributed by atoms with Crippen LogP contribution in [0.5, 0.6) is 0 Å². The summed E-state index contributed by atoms with van der Waals surface area (Å²) in [6.07, 6.45) is 9.15. The van der Waals surface area contributed by atoms with Crippen molar-refractivity contribution in [3.05, 3.63) is 12.2 Å². The summed E-state index contributed by atoms with van der Waals surface area (Å²) < 4.78 is 10.8. The lowest BCUT2D eigenvalue weighted by molar-refractivity contribution is -0.148. The average molecular weight is 238 g/mol. The molecular formula is C14H22O3. The number of ether oxygens (including phenoxy) is 2. The van der Waals surface area contributed by atoms with Gasteiger partial charge in [0, 0.05) is 6.61 Å². The van der Waals surface area contributed by atoms with Crippen molar-refractivity contribution in [3.8, 4) is 0 Å². The van der Waals surface area contributed by atoms with E-state index in [0.717, 1.165) is 32.3 Å². The first-order valence-electron chi connectivity index (χ1n) is 6.68. The smallest absolute Gasteiger partial charge is 0.308 e. The summed E-state index contributed by atoms with van der Waals surface area (Å²) in [7, 11) is 0. The van der Waals surface area contributed by atoms with Crippen LogP contribution in [0.1, 0.15) is 39.0 Å². The maximum absolute atomic E-state index is 11.6. The second kappa shape index (κ2) is 6.20. The molecule has 0 aromatic carbocycles. The third-order valence-corrected chi connectivity index (χ3v) is 3.79. The third-order valence-electron chi connectivity index (χ3n) is 3.79. The molecule has 1 fully saturated rings. The molecule has 96 valence electrons. The molecule has 0 saturated carbocycles. The number of hydrogen-bond acceptors (Lipinski definition) is 3. The van der Waals surface area contributed by atoms with Gasteiger partial charge in [-0.1, -0.05) is 19.1 Å². The van der Waals surface area contributed by atoms with Crippen molar-refractivity contribution in [2.24, 2.45) is 11.8 Å². The third kappa shape index (κ3) is 3.84. The Morgan fingerprint density at radius 3 is 2.94 bits per heavy atom. The molecule has 0 N–H and O–H groups in total. The predicted molar refractivity (Wildman–Crippen MR) is 65.6 cm³/mol. The molecule has 1 aliphatic heterocycles. The molecule has 1 aliphatic carbocycles. The van der Waals surface area contributed by atoms with Gasteiger partial charge in [0.05, 0.1) is 19.1 Å². The molecule has 17 heavy (non-hydrogen) atoms. The largest absolute Gasteiger partial charge is 0.465 e. The minimum atomic E-state index is -0.0985. The van der Waals surface area contributed by atoms with E-state index in [4.69, 9.17) is 9.47 Å². The first-order valence-corrected chi connectivity index (χ1v) is 6.68. The number of esters is 1. The summed E-state index contributed by atoms with van der Waals surface area (Å²) in [5.74, 6) is 1.02. The molecule has 3 atom stereocenters. The van der Waals surface area contributed by atoms with Crippen molar-refractivity contribution in [2.45, 2.75) is 45.1 Å². The summed E-state index contributed by atoms with van der Waals surface area (Å²) in [6, 6.07) is 0. The lowest BCUT2D eigenvalue weighted by Gasteiger charge is -2.24. The highest BCUT2D eigenvalue weighted by atomic mass is 16.5. The monoisotopic (exact) mass is 238 g/mol. The molecule has 3 unspecified atom stereocenters. The molecule has 0 spiro atoms. The zero-order valence-electron chi connectivity index (χ0n) is 10.6. The predicted octanol–water partition coefficient (Wildman–Crippen LogP) is 2.70. The Morgan fingerprint density at radius 2 is 2.24 bits per heavy atom. The maximum atomic E-state index is 11.6. The van der Waals surface area contributed by atoms with Crippen molar-refractivity contribution in [1.82, 2.24) is 0 Å². The molecule has 0 bridgehead atoms. The lowest BCUT2D eigenvalue weighted by atomic mass is 9.85. The number of allylic oxidation sites excluding steroid dienone is 2. The van der Waals surface area contributed by atoms with E-state index in [0.29, 0.717) is 24.9 Å². The number of carbonyl (C=O) groups excluding carboxylic acids is 1. The Morgan fingerprint density at radius 1 is 1.41 bits per heavy atom. The van der Waals surface area contributed by atoms with Crippen LogP contribution in [-0.2, 0) is 14.3 Å². The summed E-state index contributed by atoms with van der Waals surface area (Å²) in [5.41, 5.74) is 0. The Labute approximate surface area is 103 Å². The maximum Gasteiger partial charge on any atom is 0.308 e. The zero-order chi connectivity index (χ0) is 12.1. The van der Waals surface area contributed by atoms with Gasteiger partial charge in [0.15, 0.2) is 0 Å². The first-order chi connectivity index (χ1) is 8.25. The van der Waals surface area contributed by atoms with Crippen molar-refractivity contribution in [1.29, 1.82) is 0 Å². The molecule has 1 heterocycles. The topological polar surface area (TPSA) is 35.5 Å². The molecule has 2 rings (SSSR count). The van der Waals surface area contributed by atoms with E-state index in [1.54, 1.807) is 0 Å². The van der Waals surface area contributed by atoms with Crippen molar-refractivity contribution >= 4 is 5.97 Å². The van der Waals surface area contributed by atoms with Gasteiger partial charge in [-0.2, -0.15) is 0 Å². The standard InChI is InChI=1S/C14H22O3/c1-11-5-2-3-6-12(11)10-17-14(15)9-13-7-4-8-16-13/h2-3,11-13H,4-10H2,1H3. The first kappa shape index (κ1) is 12.6. The van der Waals surface area contributed by atoms with Crippen LogP contribution in [0.3, 0.4) is 0 Å². The van der Waals surface area contributed by atoms with Crippen LogP contribution in [0.25, 0.3) is 0 Å². The fourth-order valence-electron chi connectivity index (χ4n) is 2.49. The van der Waals surface area contributed by atoms with Crippen LogP contribution >= 0.6 is 0 Å². The van der Waals surface area contributed by atoms with Gasteiger partial charge in [0.25, 0.3) is 0 Å². The molecule has 2 aliphatic rings. The van der Waals surface area contributed by atoms with E-state index in [1.165, 1.54) is 0 Å². The van der Waals surface area contributed by atoms with Crippen LogP contribution in [0, 0.1) is 11.8 Å². The minimum Gasteiger partial charge on any atom is -0.465 e. The fraction of sp³-hybridized carbons (Fsp3) is 0.786. The normalized spacial score (nSPS) is 32.6. The second-order valence-corrected chi connectivity index (χ2v) is 5.20. The van der Waals surface area contributed by atoms with Crippen LogP contribution in [-0.4, -0.2) is 25.3 Å². The molecule has 0 aromatic heterocycles. The van der Waals surface area contributed by atoms with Crippen LogP contribution < -0.4 is 0 Å². The molecule has 0 amide bonds. The SMILES string of the molecule is CC1CC=CCC1COC(=O)CC1CCCO1. The molecule has 1 saturated heterocycles. The average Bonchev–Trinajstić information content (AvgIpc) is 2.81. The fourth-order valence-corrected chi connectivity index (χ4v) is 2.49. The van der Waals surface area contributed by atoms with Crippen LogP contribution in [0.15, 0.2) is 12.2 Å². The number of rotatable bonds is 4. The highest BCUT2D eigenvalue weighted by Gasteiger charge is 2.23. The van der Waals surface area contributed by atoms with E-state index in [-0.39, 0.29) is 12.1 Å². The van der Waals surface area contributed by atoms with Gasteiger partial charge in [-0.15, -0.1) is 0 Å². The van der Waals surface area contributed by atoms with Gasteiger partial charge in [-0.3, -0.25) is 4.79 Å². The quantitative estimate of drug-likeness (QED) is 0.558. The molecule has 0 aromatic rings. The van der Waals surface area contributed by atoms with Gasteiger partial charge >= 0.3 is 5.97 Å². The van der Waals surface area contributed by atoms with Gasteiger partial charge in [0.1, 0.15) is 0 Å². The Kier molecular flexibility index (Phi) is 4.60. The van der Waals surface area contributed by atoms with Gasteiger partial charge in [-0.25, -0.2) is 0 Å². The van der Waals surface area contributed by atoms with E-state index < -0.39 is 0 Å². The van der Waals surface area contributed by atoms with Crippen molar-refractivity contribution in [3.63, 3.8) is 0 Å². The summed E-state index contributed by atoms with van der Waals surface area (Å²) in [6.45, 7) is 3.58. The number of carbonyl (C=O) groups is 1. The highest BCUT2D eigenvalue weighted by molar-refractivity contribution is 5.70. The van der Waals surface area contributed by atoms with Gasteiger partial charge < -0.3 is 9.47 Å². The van der Waals surface area contributed by atoms with E-state index in [1.807, 2.05) is 0 Å². The van der Waals surface area contributed by atoms with E-state index >= 15 is 0 Å². The zero-order valence-corrected chi connectivity index (χ0v) is 10.6. The van der Waals surface area contributed by atoms with Crippen LogP contribution in [0.4, 0.5) is 0 Å². The van der Waals surface area contributed by atoms with E-state index in [2.05, 4.69) is 19.1 Å². The summed E-state index contributed by atoms with van der Waals surface area (Å²) in [5, 5.41) is 0. The van der Waals surface area contributed by atoms with Gasteiger partial charge in [-0.05, 0) is 37.5 Å². The Balaban J connectivity index is 1.66. The number of hydrogen-bond donors (Lipinski definition) is 0. The Hall–Kier alpha value is -0.830. The minimum absolute atomic E-state index is 0.0985. The molecular weight excluding hydrogens is 216 g/mol.